The van der Waals surface area contributed by atoms with Crippen LogP contribution < -0.4 is 0 Å². The van der Waals surface area contributed by atoms with Gasteiger partial charge in [-0.3, -0.25) is 9.59 Å². The van der Waals surface area contributed by atoms with E-state index in [-0.39, 0.29) is 30.9 Å². The van der Waals surface area contributed by atoms with Crippen molar-refractivity contribution in [3.63, 3.8) is 0 Å². The molecule has 0 unspecified atom stereocenters. The van der Waals surface area contributed by atoms with E-state index in [9.17, 15) is 9.59 Å². The fraction of sp³-hybridized carbons (Fsp3) is 0.412. The number of carbonyl (C=O) groups excluding carboxylic acids is 2. The molecule has 2 aliphatic rings. The second-order valence-electron chi connectivity index (χ2n) is 6.33. The minimum atomic E-state index is -0.0745. The number of benzene rings is 1. The summed E-state index contributed by atoms with van der Waals surface area (Å²) in [5.74, 6) is 1.75. The second-order valence-corrected chi connectivity index (χ2v) is 7.72. The number of thioether (sulfide) groups is 1. The summed E-state index contributed by atoms with van der Waals surface area (Å²) in [6, 6.07) is 7.32. The second kappa shape index (κ2) is 7.28. The molecule has 1 aliphatic carbocycles. The van der Waals surface area contributed by atoms with Crippen LogP contribution in [0.5, 0.6) is 0 Å². The molecule has 7 nitrogen and oxygen atoms in total. The van der Waals surface area contributed by atoms with Crippen LogP contribution in [0.25, 0.3) is 11.5 Å². The van der Waals surface area contributed by atoms with Crippen LogP contribution in [-0.4, -0.2) is 56.0 Å². The van der Waals surface area contributed by atoms with Crippen molar-refractivity contribution in [3.05, 3.63) is 35.2 Å². The Morgan fingerprint density at radius 3 is 2.73 bits per heavy atom. The van der Waals surface area contributed by atoms with Crippen LogP contribution in [0.1, 0.15) is 18.7 Å². The molecule has 0 atom stereocenters. The summed E-state index contributed by atoms with van der Waals surface area (Å²) in [4.78, 5) is 27.7. The lowest BCUT2D eigenvalue weighted by Crippen LogP contribution is -2.41. The molecule has 2 heterocycles. The van der Waals surface area contributed by atoms with Crippen LogP contribution in [0.2, 0.25) is 5.02 Å². The molecular formula is C17H17ClN4O3S. The number of halogens is 1. The van der Waals surface area contributed by atoms with Crippen molar-refractivity contribution in [2.24, 2.45) is 0 Å². The first-order valence-electron chi connectivity index (χ1n) is 8.33. The third-order valence-corrected chi connectivity index (χ3v) is 5.52. The van der Waals surface area contributed by atoms with Gasteiger partial charge in [-0.1, -0.05) is 11.6 Å². The SMILES string of the molecule is O=C1CSCN1CC(=O)N(Cc1nnc(-c2ccc(Cl)cc2)o1)C1CC1. The van der Waals surface area contributed by atoms with Gasteiger partial charge in [-0.25, -0.2) is 0 Å². The summed E-state index contributed by atoms with van der Waals surface area (Å²) in [5, 5.41) is 8.76. The largest absolute Gasteiger partial charge is 0.419 e. The fourth-order valence-electron chi connectivity index (χ4n) is 2.77. The van der Waals surface area contributed by atoms with E-state index in [4.69, 9.17) is 16.0 Å². The maximum atomic E-state index is 12.7. The molecule has 4 rings (SSSR count). The first kappa shape index (κ1) is 17.4. The molecule has 1 aromatic carbocycles. The Morgan fingerprint density at radius 1 is 1.31 bits per heavy atom. The topological polar surface area (TPSA) is 79.5 Å². The maximum absolute atomic E-state index is 12.7. The first-order chi connectivity index (χ1) is 12.6. The number of hydrogen-bond acceptors (Lipinski definition) is 6. The zero-order valence-electron chi connectivity index (χ0n) is 13.9. The highest BCUT2D eigenvalue weighted by Crippen LogP contribution is 2.29. The van der Waals surface area contributed by atoms with Gasteiger partial charge in [-0.2, -0.15) is 0 Å². The van der Waals surface area contributed by atoms with Gasteiger partial charge in [0.05, 0.1) is 18.2 Å². The molecule has 0 N–H and O–H groups in total. The number of amides is 2. The van der Waals surface area contributed by atoms with Gasteiger partial charge in [0, 0.05) is 16.6 Å². The summed E-state index contributed by atoms with van der Waals surface area (Å²) in [6.45, 7) is 0.375. The zero-order chi connectivity index (χ0) is 18.1. The van der Waals surface area contributed by atoms with E-state index >= 15 is 0 Å². The van der Waals surface area contributed by atoms with Crippen LogP contribution in [0, 0.1) is 0 Å². The van der Waals surface area contributed by atoms with Gasteiger partial charge in [0.15, 0.2) is 0 Å². The van der Waals surface area contributed by atoms with Gasteiger partial charge in [0.2, 0.25) is 23.6 Å². The van der Waals surface area contributed by atoms with Gasteiger partial charge in [-0.05, 0) is 37.1 Å². The summed E-state index contributed by atoms with van der Waals surface area (Å²) >= 11 is 7.42. The van der Waals surface area contributed by atoms with Crippen LogP contribution in [-0.2, 0) is 16.1 Å². The fourth-order valence-corrected chi connectivity index (χ4v) is 3.80. The quantitative estimate of drug-likeness (QED) is 0.751. The highest BCUT2D eigenvalue weighted by Gasteiger charge is 2.35. The number of nitrogens with zero attached hydrogens (tertiary/aromatic N) is 4. The molecule has 2 aromatic rings. The average molecular weight is 393 g/mol. The molecule has 2 fully saturated rings. The third kappa shape index (κ3) is 3.86. The van der Waals surface area contributed by atoms with Gasteiger partial charge >= 0.3 is 0 Å². The summed E-state index contributed by atoms with van der Waals surface area (Å²) < 4.78 is 5.72. The maximum Gasteiger partial charge on any atom is 0.247 e. The summed E-state index contributed by atoms with van der Waals surface area (Å²) in [6.07, 6.45) is 1.93. The molecule has 1 aromatic heterocycles. The lowest BCUT2D eigenvalue weighted by molar-refractivity contribution is -0.139. The molecule has 0 bridgehead atoms. The van der Waals surface area contributed by atoms with E-state index in [1.807, 2.05) is 0 Å². The van der Waals surface area contributed by atoms with Gasteiger partial charge in [0.1, 0.15) is 6.54 Å². The molecule has 1 aliphatic heterocycles. The van der Waals surface area contributed by atoms with Crippen molar-refractivity contribution in [1.29, 1.82) is 0 Å². The molecule has 0 radical (unpaired) electrons. The Morgan fingerprint density at radius 2 is 2.08 bits per heavy atom. The van der Waals surface area contributed by atoms with E-state index < -0.39 is 0 Å². The Labute approximate surface area is 159 Å². The van der Waals surface area contributed by atoms with Gasteiger partial charge in [0.25, 0.3) is 0 Å². The van der Waals surface area contributed by atoms with Crippen LogP contribution >= 0.6 is 23.4 Å². The van der Waals surface area contributed by atoms with E-state index in [1.165, 1.54) is 11.8 Å². The Balaban J connectivity index is 1.44. The summed E-state index contributed by atoms with van der Waals surface area (Å²) in [5.41, 5.74) is 0.775. The molecule has 1 saturated carbocycles. The van der Waals surface area contributed by atoms with Crippen molar-refractivity contribution in [3.8, 4) is 11.5 Å². The zero-order valence-corrected chi connectivity index (χ0v) is 15.5. The van der Waals surface area contributed by atoms with Crippen LogP contribution in [0.4, 0.5) is 0 Å². The standard InChI is InChI=1S/C17H17ClN4O3S/c18-12-3-1-11(2-4-12)17-20-19-14(25-17)7-22(13-5-6-13)15(23)8-21-10-26-9-16(21)24/h1-4,13H,5-10H2. The predicted octanol–water partition coefficient (Wildman–Crippen LogP) is 2.41. The number of rotatable bonds is 6. The monoisotopic (exact) mass is 392 g/mol. The smallest absolute Gasteiger partial charge is 0.247 e. The van der Waals surface area contributed by atoms with Crippen molar-refractivity contribution < 1.29 is 14.0 Å². The summed E-state index contributed by atoms with van der Waals surface area (Å²) in [7, 11) is 0. The van der Waals surface area contributed by atoms with E-state index in [0.29, 0.717) is 28.4 Å². The highest BCUT2D eigenvalue weighted by atomic mass is 35.5. The molecule has 2 amide bonds. The molecule has 26 heavy (non-hydrogen) atoms. The highest BCUT2D eigenvalue weighted by molar-refractivity contribution is 8.00. The van der Waals surface area contributed by atoms with E-state index in [1.54, 1.807) is 34.1 Å². The van der Waals surface area contributed by atoms with Crippen molar-refractivity contribution in [2.45, 2.75) is 25.4 Å². The number of carbonyl (C=O) groups is 2. The predicted molar refractivity (Wildman–Crippen MR) is 97.4 cm³/mol. The van der Waals surface area contributed by atoms with E-state index in [0.717, 1.165) is 18.4 Å². The molecule has 9 heteroatoms. The number of hydrogen-bond donors (Lipinski definition) is 0. The van der Waals surface area contributed by atoms with Crippen LogP contribution in [0.3, 0.4) is 0 Å². The third-order valence-electron chi connectivity index (χ3n) is 4.32. The van der Waals surface area contributed by atoms with Crippen molar-refractivity contribution in [1.82, 2.24) is 20.0 Å². The Kier molecular flexibility index (Phi) is 4.86. The van der Waals surface area contributed by atoms with Gasteiger partial charge < -0.3 is 14.2 Å². The average Bonchev–Trinajstić information content (AvgIpc) is 3.23. The lowest BCUT2D eigenvalue weighted by atomic mass is 10.2. The van der Waals surface area contributed by atoms with E-state index in [2.05, 4.69) is 10.2 Å². The van der Waals surface area contributed by atoms with Gasteiger partial charge in [-0.15, -0.1) is 22.0 Å². The molecular weight excluding hydrogens is 376 g/mol. The molecule has 0 spiro atoms. The number of aromatic nitrogens is 2. The first-order valence-corrected chi connectivity index (χ1v) is 9.87. The van der Waals surface area contributed by atoms with Crippen LogP contribution in [0.15, 0.2) is 28.7 Å². The van der Waals surface area contributed by atoms with Crippen molar-refractivity contribution >= 4 is 35.2 Å². The minimum Gasteiger partial charge on any atom is -0.419 e. The normalized spacial score (nSPS) is 17.0. The lowest BCUT2D eigenvalue weighted by Gasteiger charge is -2.23. The molecule has 1 saturated heterocycles. The Bertz CT molecular complexity index is 822. The molecule has 136 valence electrons. The van der Waals surface area contributed by atoms with Crippen molar-refractivity contribution in [2.75, 3.05) is 18.2 Å². The Hall–Kier alpha value is -2.06. The minimum absolute atomic E-state index is 0.0157.